The molecule has 14 heavy (non-hydrogen) atoms. The van der Waals surface area contributed by atoms with Crippen LogP contribution in [0.15, 0.2) is 18.2 Å². The van der Waals surface area contributed by atoms with Crippen LogP contribution >= 0.6 is 34.2 Å². The zero-order valence-corrected chi connectivity index (χ0v) is 10.7. The summed E-state index contributed by atoms with van der Waals surface area (Å²) in [6.07, 6.45) is 0. The van der Waals surface area contributed by atoms with E-state index in [9.17, 15) is 4.79 Å². The smallest absolute Gasteiger partial charge is 0.274 e. The number of carbonyl (C=O) groups is 1. The van der Waals surface area contributed by atoms with Crippen LogP contribution in [0.1, 0.15) is 10.4 Å². The van der Waals surface area contributed by atoms with Crippen LogP contribution in [0.25, 0.3) is 0 Å². The van der Waals surface area contributed by atoms with E-state index in [1.54, 1.807) is 19.2 Å². The van der Waals surface area contributed by atoms with Crippen LogP contribution in [-0.2, 0) is 4.84 Å². The number of rotatable bonds is 2. The molecule has 0 heterocycles. The molecule has 3 nitrogen and oxygen atoms in total. The minimum absolute atomic E-state index is 0.254. The van der Waals surface area contributed by atoms with E-state index in [-0.39, 0.29) is 5.91 Å². The molecule has 0 fully saturated rings. The van der Waals surface area contributed by atoms with Crippen molar-refractivity contribution in [3.05, 3.63) is 32.4 Å². The molecule has 0 radical (unpaired) electrons. The van der Waals surface area contributed by atoms with Crippen molar-refractivity contribution < 1.29 is 9.63 Å². The normalized spacial score (nSPS) is 10.0. The zero-order chi connectivity index (χ0) is 10.7. The van der Waals surface area contributed by atoms with Gasteiger partial charge in [0.25, 0.3) is 5.91 Å². The van der Waals surface area contributed by atoms with Crippen LogP contribution in [0.3, 0.4) is 0 Å². The van der Waals surface area contributed by atoms with E-state index >= 15 is 0 Å². The van der Waals surface area contributed by atoms with Crippen molar-refractivity contribution in [1.29, 1.82) is 0 Å². The first-order chi connectivity index (χ1) is 6.56. The highest BCUT2D eigenvalue weighted by atomic mass is 127. The van der Waals surface area contributed by atoms with Crippen molar-refractivity contribution in [3.8, 4) is 0 Å². The topological polar surface area (TPSA) is 29.5 Å². The fraction of sp³-hybridized carbons (Fsp3) is 0.222. The molecule has 0 spiro atoms. The summed E-state index contributed by atoms with van der Waals surface area (Å²) >= 11 is 8.01. The van der Waals surface area contributed by atoms with Crippen LogP contribution in [0.2, 0.25) is 5.02 Å². The second kappa shape index (κ2) is 4.95. The lowest BCUT2D eigenvalue weighted by Gasteiger charge is -2.14. The number of hydrogen-bond acceptors (Lipinski definition) is 2. The van der Waals surface area contributed by atoms with Crippen molar-refractivity contribution in [1.82, 2.24) is 5.06 Å². The number of halogens is 2. The minimum Gasteiger partial charge on any atom is -0.274 e. The third-order valence-corrected chi connectivity index (χ3v) is 2.72. The van der Waals surface area contributed by atoms with Crippen molar-refractivity contribution in [2.24, 2.45) is 0 Å². The molecule has 0 saturated heterocycles. The van der Waals surface area contributed by atoms with Gasteiger partial charge in [0.1, 0.15) is 0 Å². The van der Waals surface area contributed by atoms with E-state index in [4.69, 9.17) is 16.4 Å². The third-order valence-electron chi connectivity index (χ3n) is 1.72. The van der Waals surface area contributed by atoms with Crippen molar-refractivity contribution >= 4 is 40.1 Å². The van der Waals surface area contributed by atoms with Crippen molar-refractivity contribution in [2.75, 3.05) is 14.2 Å². The Bertz CT molecular complexity index is 357. The van der Waals surface area contributed by atoms with Gasteiger partial charge in [0.2, 0.25) is 0 Å². The average molecular weight is 326 g/mol. The molecule has 0 atom stereocenters. The molecule has 0 aliphatic rings. The number of benzene rings is 1. The summed E-state index contributed by atoms with van der Waals surface area (Å²) in [7, 11) is 2.97. The molecule has 0 aromatic heterocycles. The van der Waals surface area contributed by atoms with Gasteiger partial charge in [-0.1, -0.05) is 11.6 Å². The SMILES string of the molecule is CON(C)C(=O)c1cc(I)ccc1Cl. The number of nitrogens with zero attached hydrogens (tertiary/aromatic N) is 1. The highest BCUT2D eigenvalue weighted by Crippen LogP contribution is 2.20. The van der Waals surface area contributed by atoms with E-state index in [1.807, 2.05) is 6.07 Å². The molecular formula is C9H9ClINO2. The summed E-state index contributed by atoms with van der Waals surface area (Å²) in [6.45, 7) is 0. The Kier molecular flexibility index (Phi) is 4.15. The van der Waals surface area contributed by atoms with Gasteiger partial charge in [0, 0.05) is 10.6 Å². The van der Waals surface area contributed by atoms with Crippen molar-refractivity contribution in [3.63, 3.8) is 0 Å². The molecule has 1 aromatic rings. The summed E-state index contributed by atoms with van der Waals surface area (Å²) in [6, 6.07) is 5.26. The molecule has 0 aliphatic carbocycles. The predicted molar refractivity (Wildman–Crippen MR) is 63.3 cm³/mol. The molecule has 76 valence electrons. The van der Waals surface area contributed by atoms with E-state index in [1.165, 1.54) is 7.11 Å². The summed E-state index contributed by atoms with van der Waals surface area (Å²) in [5, 5.41) is 1.57. The van der Waals surface area contributed by atoms with E-state index in [2.05, 4.69) is 22.6 Å². The van der Waals surface area contributed by atoms with Gasteiger partial charge in [-0.3, -0.25) is 9.63 Å². The fourth-order valence-electron chi connectivity index (χ4n) is 0.914. The molecule has 1 amide bonds. The van der Waals surface area contributed by atoms with Gasteiger partial charge in [-0.2, -0.15) is 0 Å². The third kappa shape index (κ3) is 2.59. The molecule has 0 bridgehead atoms. The van der Waals surface area contributed by atoms with Crippen LogP contribution < -0.4 is 0 Å². The Morgan fingerprint density at radius 2 is 2.21 bits per heavy atom. The molecule has 0 saturated carbocycles. The standard InChI is InChI=1S/C9H9ClINO2/c1-12(14-2)9(13)7-5-6(11)3-4-8(7)10/h3-5H,1-2H3. The Hall–Kier alpha value is -0.330. The number of carbonyl (C=O) groups excluding carboxylic acids is 1. The van der Waals surface area contributed by atoms with Gasteiger partial charge in [-0.15, -0.1) is 0 Å². The lowest BCUT2D eigenvalue weighted by Crippen LogP contribution is -2.25. The Balaban J connectivity index is 3.06. The van der Waals surface area contributed by atoms with Crippen LogP contribution in [0.5, 0.6) is 0 Å². The Labute approximate surface area is 101 Å². The quantitative estimate of drug-likeness (QED) is 0.618. The Morgan fingerprint density at radius 3 is 2.79 bits per heavy atom. The molecular weight excluding hydrogens is 316 g/mol. The molecule has 0 unspecified atom stereocenters. The first kappa shape index (κ1) is 11.7. The molecule has 5 heteroatoms. The van der Waals surface area contributed by atoms with Gasteiger partial charge in [-0.05, 0) is 40.8 Å². The van der Waals surface area contributed by atoms with Crippen LogP contribution in [0, 0.1) is 3.57 Å². The van der Waals surface area contributed by atoms with Crippen molar-refractivity contribution in [2.45, 2.75) is 0 Å². The number of hydrogen-bond donors (Lipinski definition) is 0. The molecule has 0 aliphatic heterocycles. The van der Waals surface area contributed by atoms with Gasteiger partial charge in [0.15, 0.2) is 0 Å². The van der Waals surface area contributed by atoms with Gasteiger partial charge in [0.05, 0.1) is 17.7 Å². The maximum Gasteiger partial charge on any atom is 0.278 e. The first-order valence-corrected chi connectivity index (χ1v) is 5.29. The molecule has 1 rings (SSSR count). The van der Waals surface area contributed by atoms with E-state index in [0.29, 0.717) is 10.6 Å². The second-order valence-corrected chi connectivity index (χ2v) is 4.26. The second-order valence-electron chi connectivity index (χ2n) is 2.61. The Morgan fingerprint density at radius 1 is 1.57 bits per heavy atom. The average Bonchev–Trinajstić information content (AvgIpc) is 2.19. The number of amides is 1. The maximum atomic E-state index is 11.7. The van der Waals surface area contributed by atoms with Crippen LogP contribution in [-0.4, -0.2) is 25.1 Å². The largest absolute Gasteiger partial charge is 0.278 e. The fourth-order valence-corrected chi connectivity index (χ4v) is 1.60. The highest BCUT2D eigenvalue weighted by molar-refractivity contribution is 14.1. The minimum atomic E-state index is -0.254. The monoisotopic (exact) mass is 325 g/mol. The number of hydroxylamine groups is 2. The zero-order valence-electron chi connectivity index (χ0n) is 7.75. The lowest BCUT2D eigenvalue weighted by molar-refractivity contribution is -0.0756. The van der Waals surface area contributed by atoms with E-state index in [0.717, 1.165) is 8.63 Å². The first-order valence-electron chi connectivity index (χ1n) is 3.83. The maximum absolute atomic E-state index is 11.7. The van der Waals surface area contributed by atoms with Gasteiger partial charge in [-0.25, -0.2) is 5.06 Å². The van der Waals surface area contributed by atoms with Gasteiger partial charge < -0.3 is 0 Å². The van der Waals surface area contributed by atoms with Crippen LogP contribution in [0.4, 0.5) is 0 Å². The van der Waals surface area contributed by atoms with E-state index < -0.39 is 0 Å². The summed E-state index contributed by atoms with van der Waals surface area (Å²) < 4.78 is 0.958. The molecule has 1 aromatic carbocycles. The molecule has 0 N–H and O–H groups in total. The summed E-state index contributed by atoms with van der Waals surface area (Å²) in [5.41, 5.74) is 0.447. The predicted octanol–water partition coefficient (Wildman–Crippen LogP) is 2.58. The summed E-state index contributed by atoms with van der Waals surface area (Å²) in [4.78, 5) is 16.4. The lowest BCUT2D eigenvalue weighted by atomic mass is 10.2. The summed E-state index contributed by atoms with van der Waals surface area (Å²) in [5.74, 6) is -0.254. The highest BCUT2D eigenvalue weighted by Gasteiger charge is 2.14. The van der Waals surface area contributed by atoms with Gasteiger partial charge >= 0.3 is 0 Å².